The van der Waals surface area contributed by atoms with E-state index in [1.165, 1.54) is 19.3 Å². The van der Waals surface area contributed by atoms with E-state index < -0.39 is 0 Å². The van der Waals surface area contributed by atoms with Gasteiger partial charge in [0.1, 0.15) is 0 Å². The topological polar surface area (TPSA) is 77.2 Å². The molecule has 0 aliphatic heterocycles. The fourth-order valence-corrected chi connectivity index (χ4v) is 2.83. The fraction of sp³-hybridized carbons (Fsp3) is 0.895. The summed E-state index contributed by atoms with van der Waals surface area (Å²) in [4.78, 5) is 0. The number of oxime groups is 2. The van der Waals surface area contributed by atoms with E-state index in [9.17, 15) is 0 Å². The summed E-state index contributed by atoms with van der Waals surface area (Å²) in [6.07, 6.45) is 6.95. The molecule has 24 heavy (non-hydrogen) atoms. The van der Waals surface area contributed by atoms with Crippen LogP contribution in [0.5, 0.6) is 0 Å². The van der Waals surface area contributed by atoms with E-state index in [1.807, 2.05) is 27.7 Å². The van der Waals surface area contributed by atoms with Crippen molar-refractivity contribution in [2.45, 2.75) is 92.5 Å². The molecule has 0 spiro atoms. The number of nitrogens with zero attached hydrogens (tertiary/aromatic N) is 2. The highest BCUT2D eigenvalue weighted by Crippen LogP contribution is 2.28. The summed E-state index contributed by atoms with van der Waals surface area (Å²) in [7, 11) is 0. The zero-order valence-electron chi connectivity index (χ0n) is 16.8. The summed E-state index contributed by atoms with van der Waals surface area (Å²) in [5.74, 6) is 0.701. The van der Waals surface area contributed by atoms with Crippen LogP contribution in [0, 0.1) is 11.3 Å². The lowest BCUT2D eigenvalue weighted by Crippen LogP contribution is -2.46. The number of hydrogen-bond donors (Lipinski definition) is 3. The van der Waals surface area contributed by atoms with Crippen LogP contribution in [0.1, 0.15) is 87.0 Å². The number of hydrogen-bond acceptors (Lipinski definition) is 5. The second-order valence-corrected chi connectivity index (χ2v) is 8.14. The largest absolute Gasteiger partial charge is 0.411 e. The quantitative estimate of drug-likeness (QED) is 0.264. The Morgan fingerprint density at radius 3 is 2.04 bits per heavy atom. The van der Waals surface area contributed by atoms with Gasteiger partial charge in [0.2, 0.25) is 0 Å². The average Bonchev–Trinajstić information content (AvgIpc) is 2.52. The first-order chi connectivity index (χ1) is 11.1. The first-order valence-electron chi connectivity index (χ1n) is 9.24. The molecule has 0 aliphatic carbocycles. The lowest BCUT2D eigenvalue weighted by molar-refractivity contribution is 0.300. The molecule has 3 N–H and O–H groups in total. The van der Waals surface area contributed by atoms with Gasteiger partial charge in [-0.25, -0.2) is 0 Å². The second-order valence-electron chi connectivity index (χ2n) is 8.14. The second kappa shape index (κ2) is 10.7. The Balaban J connectivity index is 4.37. The zero-order valence-corrected chi connectivity index (χ0v) is 16.8. The van der Waals surface area contributed by atoms with Gasteiger partial charge >= 0.3 is 0 Å². The summed E-state index contributed by atoms with van der Waals surface area (Å²) in [6.45, 7) is 15.2. The van der Waals surface area contributed by atoms with Crippen molar-refractivity contribution in [3.8, 4) is 0 Å². The average molecular weight is 342 g/mol. The Morgan fingerprint density at radius 2 is 1.54 bits per heavy atom. The molecule has 0 rings (SSSR count). The van der Waals surface area contributed by atoms with Gasteiger partial charge in [0.05, 0.1) is 17.0 Å². The van der Waals surface area contributed by atoms with Gasteiger partial charge in [-0.05, 0) is 53.0 Å². The van der Waals surface area contributed by atoms with Crippen molar-refractivity contribution < 1.29 is 10.4 Å². The summed E-state index contributed by atoms with van der Waals surface area (Å²) in [5.41, 5.74) is 1.19. The molecule has 0 saturated carbocycles. The van der Waals surface area contributed by atoms with Crippen molar-refractivity contribution in [3.05, 3.63) is 0 Å². The Bertz CT molecular complexity index is 379. The molecule has 1 atom stereocenters. The standard InChI is InChI=1S/C19H39N3O2/c1-8-10-17(11-9-13-18(4,5)15(2)21-23)12-14-20-19(6,7)16(3)22-24/h17,20,23-24H,8-14H2,1-7H3. The molecule has 0 heterocycles. The molecular formula is C19H39N3O2. The van der Waals surface area contributed by atoms with Gasteiger partial charge in [0.25, 0.3) is 0 Å². The lowest BCUT2D eigenvalue weighted by atomic mass is 9.81. The van der Waals surface area contributed by atoms with E-state index in [1.54, 1.807) is 0 Å². The number of nitrogens with one attached hydrogen (secondary N) is 1. The Hall–Kier alpha value is -1.10. The van der Waals surface area contributed by atoms with Crippen molar-refractivity contribution in [1.82, 2.24) is 5.32 Å². The maximum atomic E-state index is 8.97. The minimum Gasteiger partial charge on any atom is -0.411 e. The minimum atomic E-state index is -0.276. The van der Waals surface area contributed by atoms with Crippen molar-refractivity contribution in [3.63, 3.8) is 0 Å². The predicted octanol–water partition coefficient (Wildman–Crippen LogP) is 5.06. The number of rotatable bonds is 12. The van der Waals surface area contributed by atoms with Crippen molar-refractivity contribution >= 4 is 11.4 Å². The third-order valence-corrected chi connectivity index (χ3v) is 5.41. The monoisotopic (exact) mass is 341 g/mol. The smallest absolute Gasteiger partial charge is 0.0734 e. The molecule has 0 radical (unpaired) electrons. The van der Waals surface area contributed by atoms with E-state index in [0.717, 1.165) is 31.5 Å². The molecule has 0 aromatic heterocycles. The normalized spacial score (nSPS) is 15.6. The van der Waals surface area contributed by atoms with Crippen LogP contribution in [0.3, 0.4) is 0 Å². The van der Waals surface area contributed by atoms with E-state index >= 15 is 0 Å². The highest BCUT2D eigenvalue weighted by molar-refractivity contribution is 5.90. The van der Waals surface area contributed by atoms with Crippen LogP contribution in [0.15, 0.2) is 10.3 Å². The van der Waals surface area contributed by atoms with Crippen LogP contribution in [-0.4, -0.2) is 33.9 Å². The molecule has 1 unspecified atom stereocenters. The van der Waals surface area contributed by atoms with E-state index in [2.05, 4.69) is 36.4 Å². The van der Waals surface area contributed by atoms with Crippen LogP contribution in [0.25, 0.3) is 0 Å². The fourth-order valence-electron chi connectivity index (χ4n) is 2.83. The van der Waals surface area contributed by atoms with Crippen LogP contribution in [0.2, 0.25) is 0 Å². The molecule has 0 bridgehead atoms. The molecule has 0 aromatic carbocycles. The molecule has 0 fully saturated rings. The SMILES string of the molecule is CCCC(CCCC(C)(C)C(C)=NO)CCNC(C)(C)C(C)=NO. The third kappa shape index (κ3) is 8.13. The third-order valence-electron chi connectivity index (χ3n) is 5.41. The summed E-state index contributed by atoms with van der Waals surface area (Å²) >= 11 is 0. The Morgan fingerprint density at radius 1 is 0.958 bits per heavy atom. The van der Waals surface area contributed by atoms with Gasteiger partial charge in [0, 0.05) is 5.41 Å². The van der Waals surface area contributed by atoms with Crippen LogP contribution >= 0.6 is 0 Å². The molecule has 0 aromatic rings. The van der Waals surface area contributed by atoms with E-state index in [0.29, 0.717) is 11.6 Å². The minimum absolute atomic E-state index is 0.0412. The predicted molar refractivity (Wildman–Crippen MR) is 103 cm³/mol. The Kier molecular flexibility index (Phi) is 10.2. The summed E-state index contributed by atoms with van der Waals surface area (Å²) in [5, 5.41) is 28.1. The van der Waals surface area contributed by atoms with Gasteiger partial charge in [0.15, 0.2) is 0 Å². The molecule has 142 valence electrons. The first-order valence-corrected chi connectivity index (χ1v) is 9.24. The molecule has 0 amide bonds. The molecule has 0 saturated heterocycles. The van der Waals surface area contributed by atoms with Crippen molar-refractivity contribution in [1.29, 1.82) is 0 Å². The molecule has 5 nitrogen and oxygen atoms in total. The molecule has 0 aliphatic rings. The Labute approximate surface area is 148 Å². The first kappa shape index (κ1) is 22.9. The van der Waals surface area contributed by atoms with Gasteiger partial charge in [-0.15, -0.1) is 0 Å². The van der Waals surface area contributed by atoms with Crippen LogP contribution in [0.4, 0.5) is 0 Å². The highest BCUT2D eigenvalue weighted by atomic mass is 16.4. The maximum Gasteiger partial charge on any atom is 0.0734 e. The van der Waals surface area contributed by atoms with Gasteiger partial charge in [-0.3, -0.25) is 0 Å². The molecule has 5 heteroatoms. The van der Waals surface area contributed by atoms with Crippen LogP contribution in [-0.2, 0) is 0 Å². The van der Waals surface area contributed by atoms with Crippen molar-refractivity contribution in [2.75, 3.05) is 6.54 Å². The van der Waals surface area contributed by atoms with Crippen LogP contribution < -0.4 is 5.32 Å². The zero-order chi connectivity index (χ0) is 18.8. The van der Waals surface area contributed by atoms with Gasteiger partial charge < -0.3 is 15.7 Å². The van der Waals surface area contributed by atoms with Crippen molar-refractivity contribution in [2.24, 2.45) is 21.6 Å². The summed E-state index contributed by atoms with van der Waals surface area (Å²) in [6, 6.07) is 0. The molecular weight excluding hydrogens is 302 g/mol. The highest BCUT2D eigenvalue weighted by Gasteiger charge is 2.23. The van der Waals surface area contributed by atoms with Gasteiger partial charge in [-0.1, -0.05) is 56.8 Å². The lowest BCUT2D eigenvalue weighted by Gasteiger charge is -2.27. The van der Waals surface area contributed by atoms with E-state index in [-0.39, 0.29) is 11.0 Å². The van der Waals surface area contributed by atoms with Gasteiger partial charge in [-0.2, -0.15) is 0 Å². The maximum absolute atomic E-state index is 8.97. The van der Waals surface area contributed by atoms with E-state index in [4.69, 9.17) is 10.4 Å². The summed E-state index contributed by atoms with van der Waals surface area (Å²) < 4.78 is 0.